The zero-order chi connectivity index (χ0) is 13.4. The van der Waals surface area contributed by atoms with E-state index < -0.39 is 13.4 Å². The topological polar surface area (TPSA) is 66.8 Å². The molecule has 0 saturated carbocycles. The average molecular weight is 266 g/mol. The minimum atomic E-state index is -4.40. The summed E-state index contributed by atoms with van der Waals surface area (Å²) in [5, 5.41) is 0. The van der Waals surface area contributed by atoms with Crippen molar-refractivity contribution < 1.29 is 18.9 Å². The third-order valence-corrected chi connectivity index (χ3v) is 3.58. The molecule has 0 amide bonds. The third-order valence-electron chi connectivity index (χ3n) is 2.96. The number of hydrogen-bond acceptors (Lipinski definition) is 2. The summed E-state index contributed by atoms with van der Waals surface area (Å²) in [4.78, 5) is 18.1. The van der Waals surface area contributed by atoms with Gasteiger partial charge in [0.1, 0.15) is 0 Å². The molecule has 5 heteroatoms. The normalized spacial score (nSPS) is 13.0. The Morgan fingerprint density at radius 2 is 1.47 bits per heavy atom. The molecule has 4 nitrogen and oxygen atoms in total. The van der Waals surface area contributed by atoms with E-state index in [1.807, 2.05) is 13.8 Å². The first-order chi connectivity index (χ1) is 7.89. The van der Waals surface area contributed by atoms with Crippen LogP contribution in [0.5, 0.6) is 0 Å². The van der Waals surface area contributed by atoms with Crippen molar-refractivity contribution in [3.63, 3.8) is 0 Å². The molecule has 0 aromatic carbocycles. The van der Waals surface area contributed by atoms with Crippen molar-refractivity contribution in [1.29, 1.82) is 0 Å². The predicted octanol–water partition coefficient (Wildman–Crippen LogP) is 4.02. The van der Waals surface area contributed by atoms with E-state index >= 15 is 0 Å². The van der Waals surface area contributed by atoms with Gasteiger partial charge in [0, 0.05) is 0 Å². The van der Waals surface area contributed by atoms with Gasteiger partial charge in [-0.1, -0.05) is 52.9 Å². The summed E-state index contributed by atoms with van der Waals surface area (Å²) in [6, 6.07) is 0. The smallest absolute Gasteiger partial charge is 0.303 e. The van der Waals surface area contributed by atoms with Gasteiger partial charge in [-0.2, -0.15) is 0 Å². The van der Waals surface area contributed by atoms with Crippen molar-refractivity contribution in [2.24, 2.45) is 0 Å². The highest BCUT2D eigenvalue weighted by Crippen LogP contribution is 2.46. The standard InChI is InChI=1S/C12H27O4P/c1-4-7-8-11-12(9-5-2,10-6-3)16-17(13,14)15/h4-11H2,1-3H3,(H2,13,14,15). The fourth-order valence-corrected chi connectivity index (χ4v) is 3.15. The van der Waals surface area contributed by atoms with Crippen molar-refractivity contribution in [2.75, 3.05) is 0 Å². The van der Waals surface area contributed by atoms with Crippen LogP contribution in [0.15, 0.2) is 0 Å². The van der Waals surface area contributed by atoms with Gasteiger partial charge in [0.15, 0.2) is 0 Å². The predicted molar refractivity (Wildman–Crippen MR) is 69.8 cm³/mol. The van der Waals surface area contributed by atoms with E-state index in [-0.39, 0.29) is 0 Å². The van der Waals surface area contributed by atoms with Crippen LogP contribution in [0, 0.1) is 0 Å². The molecule has 0 aliphatic carbocycles. The maximum atomic E-state index is 11.1. The summed E-state index contributed by atoms with van der Waals surface area (Å²) in [6.45, 7) is 6.16. The summed E-state index contributed by atoms with van der Waals surface area (Å²) in [6.07, 6.45) is 7.09. The Morgan fingerprint density at radius 3 is 1.82 bits per heavy atom. The van der Waals surface area contributed by atoms with E-state index in [2.05, 4.69) is 6.92 Å². The summed E-state index contributed by atoms with van der Waals surface area (Å²) in [5.41, 5.74) is -0.627. The molecular weight excluding hydrogens is 239 g/mol. The second kappa shape index (κ2) is 8.25. The zero-order valence-corrected chi connectivity index (χ0v) is 12.2. The largest absolute Gasteiger partial charge is 0.470 e. The number of unbranched alkanes of at least 4 members (excludes halogenated alkanes) is 2. The molecule has 0 atom stereocenters. The zero-order valence-electron chi connectivity index (χ0n) is 11.3. The minimum Gasteiger partial charge on any atom is -0.303 e. The SMILES string of the molecule is CCCCCC(CCC)(CCC)OP(=O)(O)O. The lowest BCUT2D eigenvalue weighted by molar-refractivity contribution is 0.00842. The molecule has 0 saturated heterocycles. The van der Waals surface area contributed by atoms with E-state index in [0.29, 0.717) is 0 Å². The van der Waals surface area contributed by atoms with Crippen LogP contribution >= 0.6 is 7.82 Å². The van der Waals surface area contributed by atoms with Crippen LogP contribution in [0.2, 0.25) is 0 Å². The van der Waals surface area contributed by atoms with E-state index in [0.717, 1.165) is 51.4 Å². The highest BCUT2D eigenvalue weighted by Gasteiger charge is 2.35. The number of phosphoric ester groups is 1. The van der Waals surface area contributed by atoms with Gasteiger partial charge in [-0.15, -0.1) is 0 Å². The maximum absolute atomic E-state index is 11.1. The average Bonchev–Trinajstić information content (AvgIpc) is 2.16. The first kappa shape index (κ1) is 17.1. The lowest BCUT2D eigenvalue weighted by Gasteiger charge is -2.33. The van der Waals surface area contributed by atoms with Crippen LogP contribution in [0.25, 0.3) is 0 Å². The fraction of sp³-hybridized carbons (Fsp3) is 1.00. The molecule has 17 heavy (non-hydrogen) atoms. The molecule has 0 fully saturated rings. The van der Waals surface area contributed by atoms with E-state index in [1.165, 1.54) is 0 Å². The Labute approximate surface area is 105 Å². The van der Waals surface area contributed by atoms with Crippen molar-refractivity contribution in [3.05, 3.63) is 0 Å². The highest BCUT2D eigenvalue weighted by molar-refractivity contribution is 7.46. The van der Waals surface area contributed by atoms with Gasteiger partial charge in [0.2, 0.25) is 0 Å². The van der Waals surface area contributed by atoms with E-state index in [4.69, 9.17) is 14.3 Å². The van der Waals surface area contributed by atoms with Gasteiger partial charge in [-0.3, -0.25) is 4.52 Å². The van der Waals surface area contributed by atoms with Crippen molar-refractivity contribution in [1.82, 2.24) is 0 Å². The minimum absolute atomic E-state index is 0.627. The molecule has 0 unspecified atom stereocenters. The van der Waals surface area contributed by atoms with Crippen molar-refractivity contribution in [3.8, 4) is 0 Å². The lowest BCUT2D eigenvalue weighted by Crippen LogP contribution is -2.31. The molecule has 0 aromatic rings. The molecule has 0 rings (SSSR count). The molecule has 2 N–H and O–H groups in total. The summed E-state index contributed by atoms with van der Waals surface area (Å²) in [5.74, 6) is 0. The Hall–Kier alpha value is 0.110. The summed E-state index contributed by atoms with van der Waals surface area (Å²) >= 11 is 0. The Kier molecular flexibility index (Phi) is 8.31. The molecule has 0 aliphatic heterocycles. The first-order valence-electron chi connectivity index (χ1n) is 6.65. The molecule has 0 heterocycles. The lowest BCUT2D eigenvalue weighted by atomic mass is 9.87. The summed E-state index contributed by atoms with van der Waals surface area (Å²) < 4.78 is 16.2. The van der Waals surface area contributed by atoms with Crippen LogP contribution in [0.1, 0.15) is 72.1 Å². The Bertz CT molecular complexity index is 231. The molecular formula is C12H27O4P. The van der Waals surface area contributed by atoms with Crippen molar-refractivity contribution in [2.45, 2.75) is 77.7 Å². The van der Waals surface area contributed by atoms with Gasteiger partial charge in [-0.25, -0.2) is 4.57 Å². The molecule has 104 valence electrons. The van der Waals surface area contributed by atoms with Gasteiger partial charge < -0.3 is 9.79 Å². The molecule has 0 bridgehead atoms. The number of hydrogen-bond donors (Lipinski definition) is 2. The third kappa shape index (κ3) is 7.93. The first-order valence-corrected chi connectivity index (χ1v) is 8.18. The van der Waals surface area contributed by atoms with Crippen LogP contribution < -0.4 is 0 Å². The maximum Gasteiger partial charge on any atom is 0.470 e. The van der Waals surface area contributed by atoms with Gasteiger partial charge >= 0.3 is 7.82 Å². The van der Waals surface area contributed by atoms with Crippen LogP contribution in [0.4, 0.5) is 0 Å². The second-order valence-electron chi connectivity index (χ2n) is 4.72. The number of phosphoric acid groups is 1. The van der Waals surface area contributed by atoms with Gasteiger partial charge in [0.05, 0.1) is 5.60 Å². The second-order valence-corrected chi connectivity index (χ2v) is 5.89. The molecule has 0 radical (unpaired) electrons. The van der Waals surface area contributed by atoms with E-state index in [9.17, 15) is 4.57 Å². The summed E-state index contributed by atoms with van der Waals surface area (Å²) in [7, 11) is -4.40. The monoisotopic (exact) mass is 266 g/mol. The number of rotatable bonds is 10. The molecule has 0 aliphatic rings. The fourth-order valence-electron chi connectivity index (χ4n) is 2.37. The van der Waals surface area contributed by atoms with E-state index in [1.54, 1.807) is 0 Å². The van der Waals surface area contributed by atoms with Crippen LogP contribution in [-0.2, 0) is 9.09 Å². The Morgan fingerprint density at radius 1 is 0.941 bits per heavy atom. The van der Waals surface area contributed by atoms with Crippen molar-refractivity contribution >= 4 is 7.82 Å². The van der Waals surface area contributed by atoms with Crippen LogP contribution in [0.3, 0.4) is 0 Å². The quantitative estimate of drug-likeness (QED) is 0.463. The highest BCUT2D eigenvalue weighted by atomic mass is 31.2. The Balaban J connectivity index is 4.65. The van der Waals surface area contributed by atoms with Gasteiger partial charge in [0.25, 0.3) is 0 Å². The molecule has 0 aromatic heterocycles. The van der Waals surface area contributed by atoms with Crippen LogP contribution in [-0.4, -0.2) is 15.4 Å². The van der Waals surface area contributed by atoms with Gasteiger partial charge in [-0.05, 0) is 19.3 Å². The molecule has 0 spiro atoms.